The van der Waals surface area contributed by atoms with Crippen molar-refractivity contribution in [2.45, 2.75) is 32.6 Å². The Hall–Kier alpha value is -1.73. The molecule has 19 heavy (non-hydrogen) atoms. The summed E-state index contributed by atoms with van der Waals surface area (Å²) in [5.41, 5.74) is 6.71. The maximum atomic E-state index is 8.46. The summed E-state index contributed by atoms with van der Waals surface area (Å²) in [6.45, 7) is 3.79. The third-order valence-corrected chi connectivity index (χ3v) is 2.68. The zero-order valence-corrected chi connectivity index (χ0v) is 11.5. The molecule has 0 atom stereocenters. The van der Waals surface area contributed by atoms with E-state index in [1.165, 1.54) is 0 Å². The molecule has 0 fully saturated rings. The van der Waals surface area contributed by atoms with E-state index in [2.05, 4.69) is 6.07 Å². The fourth-order valence-corrected chi connectivity index (χ4v) is 1.75. The Bertz CT molecular complexity index is 413. The van der Waals surface area contributed by atoms with Gasteiger partial charge >= 0.3 is 0 Å². The molecular formula is C15H22N2O2. The van der Waals surface area contributed by atoms with Crippen molar-refractivity contribution >= 4 is 0 Å². The first kappa shape index (κ1) is 15.3. The minimum Gasteiger partial charge on any atom is -0.490 e. The van der Waals surface area contributed by atoms with Crippen LogP contribution in [0.1, 0.15) is 31.7 Å². The first-order valence-electron chi connectivity index (χ1n) is 6.77. The Morgan fingerprint density at radius 1 is 1.21 bits per heavy atom. The molecule has 0 aliphatic carbocycles. The summed E-state index contributed by atoms with van der Waals surface area (Å²) in [6, 6.07) is 8.06. The lowest BCUT2D eigenvalue weighted by molar-refractivity contribution is 0.271. The van der Waals surface area contributed by atoms with Gasteiger partial charge in [0.05, 0.1) is 19.3 Å². The Morgan fingerprint density at radius 3 is 2.74 bits per heavy atom. The molecule has 0 heterocycles. The second-order valence-electron chi connectivity index (χ2n) is 4.22. The highest BCUT2D eigenvalue weighted by Gasteiger charge is 2.06. The average Bonchev–Trinajstić information content (AvgIpc) is 2.41. The van der Waals surface area contributed by atoms with Crippen LogP contribution in [0.4, 0.5) is 0 Å². The number of rotatable bonds is 9. The predicted molar refractivity (Wildman–Crippen MR) is 75.3 cm³/mol. The normalized spacial score (nSPS) is 9.95. The average molecular weight is 262 g/mol. The van der Waals surface area contributed by atoms with Crippen LogP contribution in [0.5, 0.6) is 11.5 Å². The monoisotopic (exact) mass is 262 g/mol. The second-order valence-corrected chi connectivity index (χ2v) is 4.22. The van der Waals surface area contributed by atoms with E-state index in [1.54, 1.807) is 0 Å². The molecule has 1 aromatic rings. The Kier molecular flexibility index (Phi) is 7.45. The lowest BCUT2D eigenvalue weighted by atomic mass is 10.1. The van der Waals surface area contributed by atoms with E-state index < -0.39 is 0 Å². The number of nitrogens with zero attached hydrogens (tertiary/aromatic N) is 1. The van der Waals surface area contributed by atoms with Crippen molar-refractivity contribution in [1.82, 2.24) is 0 Å². The smallest absolute Gasteiger partial charge is 0.161 e. The second kappa shape index (κ2) is 9.23. The molecule has 0 radical (unpaired) electrons. The highest BCUT2D eigenvalue weighted by molar-refractivity contribution is 5.43. The van der Waals surface area contributed by atoms with Crippen LogP contribution in [0.15, 0.2) is 18.2 Å². The third-order valence-electron chi connectivity index (χ3n) is 2.68. The summed E-state index contributed by atoms with van der Waals surface area (Å²) in [6.07, 6.45) is 3.16. The molecular weight excluding hydrogens is 240 g/mol. The van der Waals surface area contributed by atoms with Crippen LogP contribution >= 0.6 is 0 Å². The summed E-state index contributed by atoms with van der Waals surface area (Å²) in [5, 5.41) is 8.46. The number of hydrogen-bond acceptors (Lipinski definition) is 4. The van der Waals surface area contributed by atoms with E-state index in [1.807, 2.05) is 25.1 Å². The molecule has 0 spiro atoms. The summed E-state index contributed by atoms with van der Waals surface area (Å²) in [4.78, 5) is 0. The molecule has 0 aliphatic heterocycles. The van der Waals surface area contributed by atoms with Crippen LogP contribution in [0.3, 0.4) is 0 Å². The van der Waals surface area contributed by atoms with Gasteiger partial charge in [0.15, 0.2) is 11.5 Å². The van der Waals surface area contributed by atoms with E-state index in [4.69, 9.17) is 20.5 Å². The lowest BCUT2D eigenvalue weighted by Crippen LogP contribution is -2.05. The van der Waals surface area contributed by atoms with Crippen LogP contribution < -0.4 is 15.2 Å². The zero-order chi connectivity index (χ0) is 13.9. The van der Waals surface area contributed by atoms with Gasteiger partial charge in [-0.05, 0) is 50.4 Å². The van der Waals surface area contributed by atoms with Gasteiger partial charge in [-0.3, -0.25) is 0 Å². The first-order valence-corrected chi connectivity index (χ1v) is 6.77. The molecule has 0 saturated carbocycles. The maximum Gasteiger partial charge on any atom is 0.161 e. The Balaban J connectivity index is 2.57. The molecule has 0 unspecified atom stereocenters. The number of nitriles is 1. The fraction of sp³-hybridized carbons (Fsp3) is 0.533. The predicted octanol–water partition coefficient (Wildman–Crippen LogP) is 2.66. The number of nitrogens with two attached hydrogens (primary N) is 1. The molecule has 2 N–H and O–H groups in total. The van der Waals surface area contributed by atoms with Crippen molar-refractivity contribution in [1.29, 1.82) is 5.26 Å². The third kappa shape index (κ3) is 5.62. The molecule has 0 amide bonds. The van der Waals surface area contributed by atoms with Crippen LogP contribution in [-0.4, -0.2) is 19.8 Å². The van der Waals surface area contributed by atoms with Crippen LogP contribution in [0.25, 0.3) is 0 Å². The highest BCUT2D eigenvalue weighted by Crippen LogP contribution is 2.28. The molecule has 4 nitrogen and oxygen atoms in total. The van der Waals surface area contributed by atoms with Crippen molar-refractivity contribution < 1.29 is 9.47 Å². The van der Waals surface area contributed by atoms with Gasteiger partial charge in [-0.15, -0.1) is 0 Å². The minimum absolute atomic E-state index is 0.580. The first-order chi connectivity index (χ1) is 9.31. The van der Waals surface area contributed by atoms with Crippen molar-refractivity contribution in [3.05, 3.63) is 23.8 Å². The van der Waals surface area contributed by atoms with E-state index in [0.29, 0.717) is 26.2 Å². The van der Waals surface area contributed by atoms with Crippen LogP contribution in [0.2, 0.25) is 0 Å². The van der Waals surface area contributed by atoms with Gasteiger partial charge in [-0.2, -0.15) is 5.26 Å². The van der Waals surface area contributed by atoms with Crippen LogP contribution in [-0.2, 0) is 6.42 Å². The molecule has 0 bridgehead atoms. The number of benzene rings is 1. The Morgan fingerprint density at radius 2 is 2.05 bits per heavy atom. The van der Waals surface area contributed by atoms with E-state index >= 15 is 0 Å². The van der Waals surface area contributed by atoms with E-state index in [0.717, 1.165) is 36.3 Å². The standard InChI is InChI=1S/C15H22N2O2/c1-2-18-15-12-13(8-10-17)6-7-14(15)19-11-5-3-4-9-16/h6-7,12H,2-5,8,10-11,17H2,1H3. The quantitative estimate of drug-likeness (QED) is 0.695. The maximum absolute atomic E-state index is 8.46. The molecule has 4 heteroatoms. The van der Waals surface area contributed by atoms with Gasteiger partial charge < -0.3 is 15.2 Å². The molecule has 104 valence electrons. The minimum atomic E-state index is 0.580. The largest absolute Gasteiger partial charge is 0.490 e. The van der Waals surface area contributed by atoms with E-state index in [-0.39, 0.29) is 0 Å². The Labute approximate surface area is 115 Å². The van der Waals surface area contributed by atoms with Crippen molar-refractivity contribution in [2.75, 3.05) is 19.8 Å². The number of ether oxygens (including phenoxy) is 2. The van der Waals surface area contributed by atoms with Crippen molar-refractivity contribution in [2.24, 2.45) is 5.73 Å². The highest BCUT2D eigenvalue weighted by atomic mass is 16.5. The molecule has 0 aromatic heterocycles. The van der Waals surface area contributed by atoms with Gasteiger partial charge in [0, 0.05) is 6.42 Å². The summed E-state index contributed by atoms with van der Waals surface area (Å²) in [5.74, 6) is 1.54. The van der Waals surface area contributed by atoms with Gasteiger partial charge in [0.1, 0.15) is 0 Å². The van der Waals surface area contributed by atoms with Crippen molar-refractivity contribution in [3.63, 3.8) is 0 Å². The van der Waals surface area contributed by atoms with E-state index in [9.17, 15) is 0 Å². The van der Waals surface area contributed by atoms with Crippen LogP contribution in [0, 0.1) is 11.3 Å². The summed E-state index contributed by atoms with van der Waals surface area (Å²) in [7, 11) is 0. The number of unbranched alkanes of at least 4 members (excludes halogenated alkanes) is 2. The summed E-state index contributed by atoms with van der Waals surface area (Å²) < 4.78 is 11.3. The van der Waals surface area contributed by atoms with Crippen molar-refractivity contribution in [3.8, 4) is 17.6 Å². The fourth-order valence-electron chi connectivity index (χ4n) is 1.75. The van der Waals surface area contributed by atoms with Gasteiger partial charge in [0.25, 0.3) is 0 Å². The van der Waals surface area contributed by atoms with Gasteiger partial charge in [-0.25, -0.2) is 0 Å². The topological polar surface area (TPSA) is 68.3 Å². The molecule has 0 saturated heterocycles. The summed E-state index contributed by atoms with van der Waals surface area (Å²) >= 11 is 0. The van der Waals surface area contributed by atoms with Gasteiger partial charge in [0.2, 0.25) is 0 Å². The zero-order valence-electron chi connectivity index (χ0n) is 11.5. The molecule has 0 aliphatic rings. The molecule has 1 aromatic carbocycles. The van der Waals surface area contributed by atoms with Gasteiger partial charge in [-0.1, -0.05) is 6.07 Å². The molecule has 1 rings (SSSR count). The lowest BCUT2D eigenvalue weighted by Gasteiger charge is -2.13. The SMILES string of the molecule is CCOc1cc(CCN)ccc1OCCCCC#N. The number of hydrogen-bond donors (Lipinski definition) is 1.